The van der Waals surface area contributed by atoms with E-state index in [4.69, 9.17) is 14.2 Å². The van der Waals surface area contributed by atoms with Crippen molar-refractivity contribution in [3.63, 3.8) is 0 Å². The van der Waals surface area contributed by atoms with E-state index in [0.29, 0.717) is 34.4 Å². The van der Waals surface area contributed by atoms with E-state index in [-0.39, 0.29) is 0 Å². The Kier molecular flexibility index (Phi) is 6.12. The van der Waals surface area contributed by atoms with Gasteiger partial charge in [0.15, 0.2) is 11.5 Å². The van der Waals surface area contributed by atoms with Crippen LogP contribution >= 0.6 is 11.8 Å². The molecule has 0 radical (unpaired) electrons. The largest absolute Gasteiger partial charge is 0.496 e. The van der Waals surface area contributed by atoms with Crippen molar-refractivity contribution in [3.8, 4) is 17.2 Å². The Morgan fingerprint density at radius 3 is 2.21 bits per heavy atom. The molecule has 2 aromatic carbocycles. The van der Waals surface area contributed by atoms with Gasteiger partial charge in [0.2, 0.25) is 10.0 Å². The summed E-state index contributed by atoms with van der Waals surface area (Å²) in [6, 6.07) is 8.93. The average molecular weight is 424 g/mol. The standard InChI is InChI=1S/C20H25NO5S2/c1-13-6-7-19(14(2)10-13)28(22,23)21-8-9-27-20(21)15-11-17(25-4)18(26-5)12-16(15)24-3/h6-7,10-12,20H,8-9H2,1-5H3/t20-/m0/s1. The number of aryl methyl sites for hydroxylation is 2. The fourth-order valence-corrected chi connectivity index (χ4v) is 6.86. The highest BCUT2D eigenvalue weighted by atomic mass is 32.2. The van der Waals surface area contributed by atoms with Crippen LogP contribution in [0.25, 0.3) is 0 Å². The van der Waals surface area contributed by atoms with Gasteiger partial charge in [-0.3, -0.25) is 0 Å². The third-order valence-corrected chi connectivity index (χ3v) is 8.17. The van der Waals surface area contributed by atoms with Crippen LogP contribution in [0, 0.1) is 13.8 Å². The van der Waals surface area contributed by atoms with Crippen molar-refractivity contribution in [2.24, 2.45) is 0 Å². The second-order valence-electron chi connectivity index (χ2n) is 6.56. The normalized spacial score (nSPS) is 17.5. The molecule has 1 atom stereocenters. The van der Waals surface area contributed by atoms with Gasteiger partial charge in [-0.25, -0.2) is 8.42 Å². The SMILES string of the molecule is COc1cc(OC)c([C@@H]2SCCN2S(=O)(=O)c2ccc(C)cc2C)cc1OC. The van der Waals surface area contributed by atoms with E-state index in [0.717, 1.165) is 16.7 Å². The van der Waals surface area contributed by atoms with Gasteiger partial charge < -0.3 is 14.2 Å². The molecular formula is C20H25NO5S2. The van der Waals surface area contributed by atoms with Gasteiger partial charge in [-0.1, -0.05) is 17.7 Å². The molecule has 1 saturated heterocycles. The van der Waals surface area contributed by atoms with Gasteiger partial charge in [0, 0.05) is 23.9 Å². The maximum Gasteiger partial charge on any atom is 0.244 e. The minimum atomic E-state index is -3.66. The average Bonchev–Trinajstić information content (AvgIpc) is 3.17. The Labute approximate surface area is 170 Å². The topological polar surface area (TPSA) is 65.1 Å². The van der Waals surface area contributed by atoms with Crippen LogP contribution in [0.15, 0.2) is 35.2 Å². The Bertz CT molecular complexity index is 975. The molecule has 152 valence electrons. The van der Waals surface area contributed by atoms with Gasteiger partial charge in [-0.2, -0.15) is 4.31 Å². The van der Waals surface area contributed by atoms with Crippen LogP contribution in [0.5, 0.6) is 17.2 Å². The molecule has 0 spiro atoms. The fourth-order valence-electron chi connectivity index (χ4n) is 3.41. The fraction of sp³-hybridized carbons (Fsp3) is 0.400. The smallest absolute Gasteiger partial charge is 0.244 e. The Hall–Kier alpha value is -1.90. The number of rotatable bonds is 6. The lowest BCUT2D eigenvalue weighted by Gasteiger charge is -2.26. The van der Waals surface area contributed by atoms with Crippen LogP contribution in [0.2, 0.25) is 0 Å². The quantitative estimate of drug-likeness (QED) is 0.705. The number of thioether (sulfide) groups is 1. The van der Waals surface area contributed by atoms with Gasteiger partial charge in [0.05, 0.1) is 31.6 Å². The van der Waals surface area contributed by atoms with Gasteiger partial charge in [-0.15, -0.1) is 11.8 Å². The maximum atomic E-state index is 13.4. The number of hydrogen-bond donors (Lipinski definition) is 0. The summed E-state index contributed by atoms with van der Waals surface area (Å²) in [5, 5.41) is -0.402. The van der Waals surface area contributed by atoms with E-state index in [1.165, 1.54) is 0 Å². The number of hydrogen-bond acceptors (Lipinski definition) is 6. The van der Waals surface area contributed by atoms with Gasteiger partial charge in [0.25, 0.3) is 0 Å². The molecule has 0 saturated carbocycles. The molecule has 0 aromatic heterocycles. The number of sulfonamides is 1. The predicted molar refractivity (Wildman–Crippen MR) is 111 cm³/mol. The van der Waals surface area contributed by atoms with Crippen molar-refractivity contribution in [3.05, 3.63) is 47.0 Å². The number of benzene rings is 2. The molecular weight excluding hydrogens is 398 g/mol. The second-order valence-corrected chi connectivity index (χ2v) is 9.60. The van der Waals surface area contributed by atoms with Crippen LogP contribution in [-0.4, -0.2) is 46.4 Å². The van der Waals surface area contributed by atoms with E-state index in [1.54, 1.807) is 55.6 Å². The van der Waals surface area contributed by atoms with Crippen LogP contribution in [0.4, 0.5) is 0 Å². The van der Waals surface area contributed by atoms with Gasteiger partial charge >= 0.3 is 0 Å². The minimum Gasteiger partial charge on any atom is -0.496 e. The highest BCUT2D eigenvalue weighted by molar-refractivity contribution is 8.01. The Balaban J connectivity index is 2.08. The summed E-state index contributed by atoms with van der Waals surface area (Å²) in [5.41, 5.74) is 2.52. The summed E-state index contributed by atoms with van der Waals surface area (Å²) >= 11 is 1.57. The first-order valence-electron chi connectivity index (χ1n) is 8.84. The molecule has 0 unspecified atom stereocenters. The lowest BCUT2D eigenvalue weighted by atomic mass is 10.1. The summed E-state index contributed by atoms with van der Waals surface area (Å²) in [6.45, 7) is 4.21. The molecule has 1 fully saturated rings. The summed E-state index contributed by atoms with van der Waals surface area (Å²) in [5.74, 6) is 2.34. The molecule has 3 rings (SSSR count). The van der Waals surface area contributed by atoms with Crippen molar-refractivity contribution < 1.29 is 22.6 Å². The lowest BCUT2D eigenvalue weighted by Crippen LogP contribution is -2.31. The molecule has 1 heterocycles. The first kappa shape index (κ1) is 20.8. The van der Waals surface area contributed by atoms with E-state index in [1.807, 2.05) is 26.0 Å². The van der Waals surface area contributed by atoms with E-state index in [2.05, 4.69) is 0 Å². The van der Waals surface area contributed by atoms with Crippen LogP contribution in [0.3, 0.4) is 0 Å². The number of ether oxygens (including phenoxy) is 3. The first-order chi connectivity index (χ1) is 13.3. The minimum absolute atomic E-state index is 0.338. The molecule has 0 amide bonds. The summed E-state index contributed by atoms with van der Waals surface area (Å²) in [4.78, 5) is 0.338. The van der Waals surface area contributed by atoms with E-state index in [9.17, 15) is 8.42 Å². The Morgan fingerprint density at radius 2 is 1.61 bits per heavy atom. The molecule has 1 aliphatic heterocycles. The molecule has 0 N–H and O–H groups in total. The zero-order valence-electron chi connectivity index (χ0n) is 16.7. The highest BCUT2D eigenvalue weighted by Gasteiger charge is 2.39. The van der Waals surface area contributed by atoms with Crippen LogP contribution in [0.1, 0.15) is 22.1 Å². The summed E-state index contributed by atoms with van der Waals surface area (Å²) < 4.78 is 44.7. The molecule has 2 aromatic rings. The van der Waals surface area contributed by atoms with E-state index < -0.39 is 15.4 Å². The van der Waals surface area contributed by atoms with Crippen LogP contribution < -0.4 is 14.2 Å². The van der Waals surface area contributed by atoms with Gasteiger partial charge in [-0.05, 0) is 31.5 Å². The zero-order valence-corrected chi connectivity index (χ0v) is 18.3. The zero-order chi connectivity index (χ0) is 20.5. The molecule has 0 bridgehead atoms. The third kappa shape index (κ3) is 3.68. The second kappa shape index (κ2) is 8.23. The van der Waals surface area contributed by atoms with Crippen molar-refractivity contribution in [2.75, 3.05) is 33.6 Å². The van der Waals surface area contributed by atoms with Crippen molar-refractivity contribution in [1.29, 1.82) is 0 Å². The predicted octanol–water partition coefficient (Wildman–Crippen LogP) is 3.77. The molecule has 28 heavy (non-hydrogen) atoms. The van der Waals surface area contributed by atoms with Crippen molar-refractivity contribution >= 4 is 21.8 Å². The van der Waals surface area contributed by atoms with Crippen LogP contribution in [-0.2, 0) is 10.0 Å². The molecule has 0 aliphatic carbocycles. The van der Waals surface area contributed by atoms with E-state index >= 15 is 0 Å². The van der Waals surface area contributed by atoms with Crippen molar-refractivity contribution in [1.82, 2.24) is 4.31 Å². The number of nitrogens with zero attached hydrogens (tertiary/aromatic N) is 1. The molecule has 8 heteroatoms. The monoisotopic (exact) mass is 423 g/mol. The molecule has 1 aliphatic rings. The first-order valence-corrected chi connectivity index (χ1v) is 11.3. The van der Waals surface area contributed by atoms with Crippen molar-refractivity contribution in [2.45, 2.75) is 24.1 Å². The van der Waals surface area contributed by atoms with Gasteiger partial charge in [0.1, 0.15) is 5.75 Å². The Morgan fingerprint density at radius 1 is 0.964 bits per heavy atom. The summed E-state index contributed by atoms with van der Waals surface area (Å²) in [7, 11) is 1.01. The highest BCUT2D eigenvalue weighted by Crippen LogP contribution is 2.48. The summed E-state index contributed by atoms with van der Waals surface area (Å²) in [6.07, 6.45) is 0. The lowest BCUT2D eigenvalue weighted by molar-refractivity contribution is 0.344. The number of methoxy groups -OCH3 is 3. The maximum absolute atomic E-state index is 13.4. The third-order valence-electron chi connectivity index (χ3n) is 4.77. The molecule has 6 nitrogen and oxygen atoms in total.